The number of hydrogen-bond acceptors (Lipinski definition) is 16. The first kappa shape index (κ1) is 75.9. The number of alkyl halides is 3. The molecule has 2 aliphatic rings. The molecule has 0 aromatic heterocycles. The molecule has 0 unspecified atom stereocenters. The lowest BCUT2D eigenvalue weighted by molar-refractivity contribution is -0.297. The predicted octanol–water partition coefficient (Wildman–Crippen LogP) is 14.1. The fourth-order valence-corrected chi connectivity index (χ4v) is 11.4. The number of carbonyl (C=O) groups is 4. The number of phosphoric acid groups is 1. The van der Waals surface area contributed by atoms with E-state index < -0.39 is 91.3 Å². The molecule has 2 fully saturated rings. The Hall–Kier alpha value is -2.16. The Morgan fingerprint density at radius 2 is 1.22 bits per heavy atom. The normalized spacial score (nSPS) is 23.5. The number of ether oxygens (including phenoxy) is 8. The molecule has 476 valence electrons. The minimum atomic E-state index is -4.49. The zero-order valence-corrected chi connectivity index (χ0v) is 53.6. The van der Waals surface area contributed by atoms with Gasteiger partial charge in [-0.1, -0.05) is 203 Å². The standard InChI is InChI=1S/C60H104Cl3N2O16P/c1-9-15-18-21-23-25-26-28-31-34-48(67)41-51(68)64-52-54(72-39-32-29-27-24-22-19-16-10-2)46(7)49(79-57(52)74-36-12-4)44-75-58-53(65-59(69)76-45-60(61,62)63)56(73-40-35-47(42-66)33-30-20-17-11-3)55(50(80-58)43-71-8)81-82(70,77-37-13-5)78-38-14-6/h12-14,36,42,46-47,49-50,52-58H,5-6,9-11,15-35,37-41,43-45H2,1-4,7-8H3,(H,64,68)(H,65,69)/b36-12-/t46-,47-,49-,50-,52-,53-,54+,55-,56-,57+,58-/m1/s1. The number of halogens is 3. The van der Waals surface area contributed by atoms with Crippen LogP contribution in [0.3, 0.4) is 0 Å². The molecule has 0 spiro atoms. The molecule has 11 atom stereocenters. The highest BCUT2D eigenvalue weighted by Crippen LogP contribution is 2.52. The van der Waals surface area contributed by atoms with E-state index in [1.165, 1.54) is 83.3 Å². The lowest BCUT2D eigenvalue weighted by atomic mass is 9.88. The number of hydrogen-bond donors (Lipinski definition) is 2. The summed E-state index contributed by atoms with van der Waals surface area (Å²) in [4.78, 5) is 53.2. The summed E-state index contributed by atoms with van der Waals surface area (Å²) in [5.74, 6) is -1.45. The van der Waals surface area contributed by atoms with Crippen molar-refractivity contribution in [1.29, 1.82) is 0 Å². The van der Waals surface area contributed by atoms with E-state index in [-0.39, 0.29) is 57.6 Å². The lowest BCUT2D eigenvalue weighted by Crippen LogP contribution is -2.67. The molecule has 2 heterocycles. The van der Waals surface area contributed by atoms with Gasteiger partial charge in [0.05, 0.1) is 51.3 Å². The van der Waals surface area contributed by atoms with Crippen LogP contribution in [0.2, 0.25) is 0 Å². The highest BCUT2D eigenvalue weighted by molar-refractivity contribution is 7.48. The maximum atomic E-state index is 14.4. The van der Waals surface area contributed by atoms with Crippen LogP contribution in [0.15, 0.2) is 37.6 Å². The molecule has 2 rings (SSSR count). The molecule has 0 aliphatic carbocycles. The number of nitrogens with one attached hydrogen (secondary N) is 2. The molecule has 2 aliphatic heterocycles. The third-order valence-corrected chi connectivity index (χ3v) is 16.1. The molecule has 0 aromatic carbocycles. The maximum Gasteiger partial charge on any atom is 0.475 e. The molecule has 0 saturated carbocycles. The van der Waals surface area contributed by atoms with E-state index in [1.807, 2.05) is 6.92 Å². The predicted molar refractivity (Wildman–Crippen MR) is 322 cm³/mol. The number of ketones is 1. The van der Waals surface area contributed by atoms with E-state index in [1.54, 1.807) is 13.0 Å². The summed E-state index contributed by atoms with van der Waals surface area (Å²) in [5.41, 5.74) is 0. The van der Waals surface area contributed by atoms with Gasteiger partial charge < -0.3 is 53.3 Å². The van der Waals surface area contributed by atoms with Gasteiger partial charge in [-0.05, 0) is 32.6 Å². The molecular weight excluding hydrogens is 1140 g/mol. The van der Waals surface area contributed by atoms with Crippen molar-refractivity contribution >= 4 is 66.7 Å². The van der Waals surface area contributed by atoms with Crippen LogP contribution in [0, 0.1) is 11.8 Å². The monoisotopic (exact) mass is 1240 g/mol. The number of amides is 2. The Morgan fingerprint density at radius 1 is 0.671 bits per heavy atom. The fourth-order valence-electron chi connectivity index (χ4n) is 9.88. The molecular formula is C60H104Cl3N2O16P. The number of allylic oxidation sites excluding steroid dienone is 1. The molecule has 2 saturated heterocycles. The molecule has 2 amide bonds. The summed E-state index contributed by atoms with van der Waals surface area (Å²) in [5, 5.41) is 5.81. The second-order valence-corrected chi connectivity index (χ2v) is 25.6. The first-order valence-corrected chi connectivity index (χ1v) is 33.1. The van der Waals surface area contributed by atoms with Crippen LogP contribution in [0.1, 0.15) is 195 Å². The Bertz CT molecular complexity index is 1800. The van der Waals surface area contributed by atoms with Crippen molar-refractivity contribution < 1.29 is 75.2 Å². The summed E-state index contributed by atoms with van der Waals surface area (Å²) >= 11 is 18.0. The summed E-state index contributed by atoms with van der Waals surface area (Å²) in [6, 6.07) is -2.20. The van der Waals surface area contributed by atoms with Crippen molar-refractivity contribution in [2.45, 2.75) is 254 Å². The number of rotatable bonds is 50. The van der Waals surface area contributed by atoms with Crippen LogP contribution in [0.25, 0.3) is 0 Å². The van der Waals surface area contributed by atoms with E-state index in [2.05, 4.69) is 44.6 Å². The minimum absolute atomic E-state index is 0.0383. The van der Waals surface area contributed by atoms with Gasteiger partial charge in [0.1, 0.15) is 49.1 Å². The van der Waals surface area contributed by atoms with Gasteiger partial charge in [-0.3, -0.25) is 23.2 Å². The maximum absolute atomic E-state index is 14.4. The third kappa shape index (κ3) is 32.5. The SMILES string of the molecule is C=CCOP(=O)(OCC=C)O[C@H]1[C@H](OCC[C@H](C=O)CCCCCC)[C@@H](NC(=O)OCC(Cl)(Cl)Cl)[C@H](OC[C@H]2O[C@H](O/C=C\C)[C@H](NC(=O)CC(=O)CCCCCCCCCCC)[C@@H](OCCCCCCCCCC)[C@@H]2C)O[C@@H]1COC. The molecule has 82 heavy (non-hydrogen) atoms. The average Bonchev–Trinajstić information content (AvgIpc) is 3.52. The van der Waals surface area contributed by atoms with Crippen LogP contribution in [-0.4, -0.2) is 136 Å². The minimum Gasteiger partial charge on any atom is -0.471 e. The van der Waals surface area contributed by atoms with Gasteiger partial charge in [0.2, 0.25) is 16.0 Å². The van der Waals surface area contributed by atoms with Crippen molar-refractivity contribution in [2.24, 2.45) is 11.8 Å². The summed E-state index contributed by atoms with van der Waals surface area (Å²) in [7, 11) is -3.07. The summed E-state index contributed by atoms with van der Waals surface area (Å²) in [6.07, 6.45) is 21.4. The highest BCUT2D eigenvalue weighted by atomic mass is 35.6. The largest absolute Gasteiger partial charge is 0.475 e. The zero-order chi connectivity index (χ0) is 60.4. The second-order valence-electron chi connectivity index (χ2n) is 21.5. The van der Waals surface area contributed by atoms with Gasteiger partial charge in [0.25, 0.3) is 0 Å². The van der Waals surface area contributed by atoms with Gasteiger partial charge in [-0.15, -0.1) is 13.2 Å². The molecule has 0 aromatic rings. The zero-order valence-electron chi connectivity index (χ0n) is 50.4. The van der Waals surface area contributed by atoms with Gasteiger partial charge in [0, 0.05) is 38.6 Å². The highest BCUT2D eigenvalue weighted by Gasteiger charge is 2.53. The van der Waals surface area contributed by atoms with E-state index in [9.17, 15) is 23.7 Å². The Labute approximate surface area is 507 Å². The van der Waals surface area contributed by atoms with Gasteiger partial charge in [-0.25, -0.2) is 9.36 Å². The molecule has 0 bridgehead atoms. The van der Waals surface area contributed by atoms with Crippen molar-refractivity contribution in [3.63, 3.8) is 0 Å². The van der Waals surface area contributed by atoms with Crippen LogP contribution in [0.5, 0.6) is 0 Å². The smallest absolute Gasteiger partial charge is 0.471 e. The topological polar surface area (TPSA) is 211 Å². The fraction of sp³-hybridized carbons (Fsp3) is 0.833. The first-order chi connectivity index (χ1) is 39.5. The third-order valence-electron chi connectivity index (χ3n) is 14.4. The van der Waals surface area contributed by atoms with Crippen molar-refractivity contribution in [1.82, 2.24) is 10.6 Å². The van der Waals surface area contributed by atoms with Crippen LogP contribution >= 0.6 is 42.6 Å². The first-order valence-electron chi connectivity index (χ1n) is 30.5. The van der Waals surface area contributed by atoms with E-state index in [4.69, 9.17) is 86.3 Å². The lowest BCUT2D eigenvalue weighted by Gasteiger charge is -2.48. The van der Waals surface area contributed by atoms with Crippen molar-refractivity contribution in [3.8, 4) is 0 Å². The molecule has 18 nitrogen and oxygen atoms in total. The number of phosphoric ester groups is 1. The van der Waals surface area contributed by atoms with Crippen molar-refractivity contribution in [3.05, 3.63) is 37.6 Å². The quantitative estimate of drug-likeness (QED) is 0.0110. The summed E-state index contributed by atoms with van der Waals surface area (Å²) in [6.45, 7) is 16.4. The van der Waals surface area contributed by atoms with Crippen LogP contribution in [0.4, 0.5) is 4.79 Å². The second kappa shape index (κ2) is 46.1. The number of methoxy groups -OCH3 is 1. The van der Waals surface area contributed by atoms with Crippen molar-refractivity contribution in [2.75, 3.05) is 53.4 Å². The van der Waals surface area contributed by atoms with E-state index in [0.29, 0.717) is 19.4 Å². The van der Waals surface area contributed by atoms with E-state index in [0.717, 1.165) is 83.3 Å². The Morgan fingerprint density at radius 3 is 1.78 bits per heavy atom. The Kier molecular flexibility index (Phi) is 42.7. The van der Waals surface area contributed by atoms with E-state index >= 15 is 0 Å². The average molecular weight is 1250 g/mol. The number of Topliss-reactive ketones (excluding diaryl/α,β-unsaturated/α-hetero) is 1. The summed E-state index contributed by atoms with van der Waals surface area (Å²) < 4.78 is 80.4. The number of aldehydes is 1. The van der Waals surface area contributed by atoms with Gasteiger partial charge in [-0.2, -0.15) is 0 Å². The molecule has 2 N–H and O–H groups in total. The number of carbonyl (C=O) groups excluding carboxylic acids is 4. The molecule has 0 radical (unpaired) electrons. The van der Waals surface area contributed by atoms with Gasteiger partial charge >= 0.3 is 13.9 Å². The molecule has 22 heteroatoms. The Balaban J connectivity index is 2.59. The number of unbranched alkanes of at least 4 members (excludes halogenated alkanes) is 18. The van der Waals surface area contributed by atoms with Crippen LogP contribution in [-0.2, 0) is 70.4 Å². The number of alkyl carbamates (subject to hydrolysis) is 1. The van der Waals surface area contributed by atoms with Crippen LogP contribution < -0.4 is 10.6 Å². The van der Waals surface area contributed by atoms with Gasteiger partial charge in [0.15, 0.2) is 6.29 Å².